The van der Waals surface area contributed by atoms with Gasteiger partial charge in [0.25, 0.3) is 0 Å². The van der Waals surface area contributed by atoms with Crippen LogP contribution in [0.3, 0.4) is 0 Å². The van der Waals surface area contributed by atoms with Gasteiger partial charge in [-0.3, -0.25) is 0 Å². The molecule has 1 amide bonds. The number of cyclic esters (lactones) is 1. The minimum absolute atomic E-state index is 0.0124. The van der Waals surface area contributed by atoms with Crippen LogP contribution >= 0.6 is 23.2 Å². The largest absolute Gasteiger partial charge is 0.522 e. The maximum absolute atomic E-state index is 14.2. The molecule has 4 aliphatic rings. The third kappa shape index (κ3) is 5.84. The summed E-state index contributed by atoms with van der Waals surface area (Å²) in [5, 5.41) is 0. The maximum atomic E-state index is 14.2. The van der Waals surface area contributed by atoms with Gasteiger partial charge >= 0.3 is 6.09 Å². The van der Waals surface area contributed by atoms with Crippen LogP contribution in [0.5, 0.6) is 0 Å². The smallest absolute Gasteiger partial charge is 0.415 e. The normalized spacial score (nSPS) is 25.4. The Morgan fingerprint density at radius 3 is 2.11 bits per heavy atom. The lowest BCUT2D eigenvalue weighted by Crippen LogP contribution is -2.69. The number of ether oxygens (including phenoxy) is 1. The van der Waals surface area contributed by atoms with E-state index in [1.165, 1.54) is 20.7 Å². The number of nitrogens with zero attached hydrogens (tertiary/aromatic N) is 3. The van der Waals surface area contributed by atoms with E-state index in [4.69, 9.17) is 27.9 Å². The Hall–Kier alpha value is -2.32. The van der Waals surface area contributed by atoms with Crippen LogP contribution < -0.4 is 0 Å². The molecule has 0 spiro atoms. The molecule has 2 aromatic rings. The van der Waals surface area contributed by atoms with Crippen LogP contribution in [-0.2, 0) is 24.8 Å². The number of carbonyl (C=O) groups excluding carboxylic acids is 1. The zero-order valence-corrected chi connectivity index (χ0v) is 28.8. The van der Waals surface area contributed by atoms with Gasteiger partial charge in [0.1, 0.15) is 34.5 Å². The Morgan fingerprint density at radius 2 is 1.50 bits per heavy atom. The molecule has 1 atom stereocenters. The highest BCUT2D eigenvalue weighted by Crippen LogP contribution is 2.48. The number of halogens is 3. The number of rotatable bonds is 6. The number of quaternary nitrogens is 1. The summed E-state index contributed by atoms with van der Waals surface area (Å²) in [6.45, 7) is 4.15. The summed E-state index contributed by atoms with van der Waals surface area (Å²) in [6, 6.07) is 9.84. The molecule has 3 heterocycles. The van der Waals surface area contributed by atoms with Crippen LogP contribution in [0.2, 0.25) is 0 Å². The van der Waals surface area contributed by atoms with Gasteiger partial charge in [-0.05, 0) is 61.4 Å². The second-order valence-corrected chi connectivity index (χ2v) is 17.9. The summed E-state index contributed by atoms with van der Waals surface area (Å²) in [5.41, 5.74) is 2.74. The summed E-state index contributed by atoms with van der Waals surface area (Å²) < 4.78 is 75.7. The minimum atomic E-state index is -3.98. The standard InChI is InChI=1S/C32H37Cl2FN3O6S2/c1-22-4-3-5-28(18-22)45(40,41)36-14-9-26(10-15-36)38(29-8-13-32(33,34)20-24(29)21-44-31(38)39)27-11-16-37(17-12-27)46(42,43)30-19-25(35)7-6-23(30)2/h3-8,18-20,26-27H,9-17,21H2,1-2H3/q+1. The number of benzene rings is 2. The van der Waals surface area contributed by atoms with E-state index in [0.29, 0.717) is 36.8 Å². The zero-order chi connectivity index (χ0) is 33.1. The first-order valence-electron chi connectivity index (χ1n) is 15.4. The quantitative estimate of drug-likeness (QED) is 0.277. The SMILES string of the molecule is Cc1cccc(S(=O)(=O)N2CCC([N+]3(C4CCN(S(=O)(=O)c5cc(F)ccc5C)CC4)C(=O)OCC4=CC(Cl)(Cl)CC=C43)CC2)c1. The fourth-order valence-electron chi connectivity index (χ4n) is 7.49. The van der Waals surface area contributed by atoms with Gasteiger partial charge in [-0.1, -0.05) is 41.4 Å². The summed E-state index contributed by atoms with van der Waals surface area (Å²) in [4.78, 5) is 14.3. The predicted octanol–water partition coefficient (Wildman–Crippen LogP) is 5.80. The van der Waals surface area contributed by atoms with Crippen LogP contribution in [0.15, 0.2) is 75.7 Å². The van der Waals surface area contributed by atoms with E-state index >= 15 is 0 Å². The van der Waals surface area contributed by atoms with Crippen LogP contribution in [0.4, 0.5) is 9.18 Å². The molecule has 0 aromatic heterocycles. The van der Waals surface area contributed by atoms with E-state index in [-0.39, 0.29) is 65.6 Å². The fraction of sp³-hybridized carbons (Fsp3) is 0.469. The summed E-state index contributed by atoms with van der Waals surface area (Å²) in [7, 11) is -7.73. The number of fused-ring (bicyclic) bond motifs is 1. The van der Waals surface area contributed by atoms with Crippen LogP contribution in [0.1, 0.15) is 43.2 Å². The Kier molecular flexibility index (Phi) is 8.97. The van der Waals surface area contributed by atoms with Gasteiger partial charge in [0, 0.05) is 63.9 Å². The Labute approximate surface area is 279 Å². The third-order valence-corrected chi connectivity index (χ3v) is 14.2. The van der Waals surface area contributed by atoms with Gasteiger partial charge in [-0.25, -0.2) is 21.2 Å². The molecule has 0 saturated carbocycles. The molecule has 3 fully saturated rings. The molecule has 248 valence electrons. The molecule has 2 aromatic carbocycles. The second-order valence-electron chi connectivity index (χ2n) is 12.6. The Balaban J connectivity index is 1.31. The first-order chi connectivity index (χ1) is 21.7. The molecule has 3 saturated heterocycles. The van der Waals surface area contributed by atoms with Gasteiger partial charge in [-0.15, -0.1) is 0 Å². The monoisotopic (exact) mass is 712 g/mol. The molecule has 9 nitrogen and oxygen atoms in total. The minimum Gasteiger partial charge on any atom is -0.415 e. The molecular formula is C32H37Cl2FN3O6S2+. The van der Waals surface area contributed by atoms with Gasteiger partial charge in [0.15, 0.2) is 0 Å². The molecule has 1 unspecified atom stereocenters. The van der Waals surface area contributed by atoms with Crippen molar-refractivity contribution >= 4 is 49.3 Å². The van der Waals surface area contributed by atoms with Crippen molar-refractivity contribution < 1.29 is 35.2 Å². The number of sulfonamides is 2. The highest BCUT2D eigenvalue weighted by molar-refractivity contribution is 7.89. The number of aryl methyl sites for hydroxylation is 2. The lowest BCUT2D eigenvalue weighted by Gasteiger charge is -2.53. The number of hydrogen-bond donors (Lipinski definition) is 0. The van der Waals surface area contributed by atoms with Gasteiger partial charge in [0.05, 0.1) is 9.79 Å². The average molecular weight is 714 g/mol. The van der Waals surface area contributed by atoms with E-state index in [1.54, 1.807) is 31.2 Å². The first-order valence-corrected chi connectivity index (χ1v) is 19.0. The molecule has 0 bridgehead atoms. The van der Waals surface area contributed by atoms with E-state index in [0.717, 1.165) is 17.3 Å². The van der Waals surface area contributed by atoms with E-state index in [1.807, 2.05) is 19.1 Å². The molecule has 3 aliphatic heterocycles. The molecule has 0 N–H and O–H groups in total. The van der Waals surface area contributed by atoms with Crippen molar-refractivity contribution in [3.63, 3.8) is 0 Å². The van der Waals surface area contributed by atoms with Gasteiger partial charge < -0.3 is 4.74 Å². The highest BCUT2D eigenvalue weighted by Gasteiger charge is 2.60. The van der Waals surface area contributed by atoms with Crippen LogP contribution in [0, 0.1) is 19.7 Å². The zero-order valence-electron chi connectivity index (χ0n) is 25.7. The van der Waals surface area contributed by atoms with Crippen molar-refractivity contribution in [1.29, 1.82) is 0 Å². The number of hydrogen-bond acceptors (Lipinski definition) is 6. The van der Waals surface area contributed by atoms with Crippen molar-refractivity contribution in [2.75, 3.05) is 32.8 Å². The van der Waals surface area contributed by atoms with Crippen LogP contribution in [0.25, 0.3) is 0 Å². The van der Waals surface area contributed by atoms with Crippen molar-refractivity contribution in [2.45, 2.75) is 72.2 Å². The molecule has 0 radical (unpaired) electrons. The van der Waals surface area contributed by atoms with Crippen molar-refractivity contribution in [3.05, 3.63) is 82.8 Å². The molecule has 1 aliphatic carbocycles. The summed E-state index contributed by atoms with van der Waals surface area (Å²) in [5.74, 6) is -0.631. The number of piperidine rings is 2. The maximum Gasteiger partial charge on any atom is 0.522 e. The molecule has 14 heteroatoms. The van der Waals surface area contributed by atoms with E-state index in [9.17, 15) is 26.0 Å². The lowest BCUT2D eigenvalue weighted by molar-refractivity contribution is -0.875. The Bertz CT molecular complexity index is 1830. The predicted molar refractivity (Wildman–Crippen MR) is 173 cm³/mol. The average Bonchev–Trinajstić information content (AvgIpc) is 3.02. The number of allylic oxidation sites excluding steroid dienone is 2. The first kappa shape index (κ1) is 33.6. The van der Waals surface area contributed by atoms with E-state index < -0.39 is 36.3 Å². The Morgan fingerprint density at radius 1 is 0.891 bits per heavy atom. The van der Waals surface area contributed by atoms with Crippen molar-refractivity contribution in [2.24, 2.45) is 0 Å². The fourth-order valence-corrected chi connectivity index (χ4v) is 11.2. The molecule has 46 heavy (non-hydrogen) atoms. The highest BCUT2D eigenvalue weighted by atomic mass is 35.5. The lowest BCUT2D eigenvalue weighted by atomic mass is 9.88. The molecular weight excluding hydrogens is 676 g/mol. The number of alkyl halides is 2. The van der Waals surface area contributed by atoms with Crippen molar-refractivity contribution in [3.8, 4) is 0 Å². The third-order valence-electron chi connectivity index (χ3n) is 9.73. The topological polar surface area (TPSA) is 101 Å². The second kappa shape index (κ2) is 12.3. The van der Waals surface area contributed by atoms with Gasteiger partial charge in [-0.2, -0.15) is 17.9 Å². The van der Waals surface area contributed by atoms with Gasteiger partial charge in [0.2, 0.25) is 20.0 Å². The van der Waals surface area contributed by atoms with Crippen LogP contribution in [-0.4, -0.2) is 85.2 Å². The van der Waals surface area contributed by atoms with Crippen molar-refractivity contribution in [1.82, 2.24) is 8.61 Å². The summed E-state index contributed by atoms with van der Waals surface area (Å²) >= 11 is 13.0. The number of amides is 1. The molecule has 6 rings (SSSR count). The number of carbonyl (C=O) groups is 1. The summed E-state index contributed by atoms with van der Waals surface area (Å²) in [6.07, 6.45) is 4.89. The van der Waals surface area contributed by atoms with E-state index in [2.05, 4.69) is 0 Å².